The van der Waals surface area contributed by atoms with Crippen molar-refractivity contribution in [1.29, 1.82) is 0 Å². The van der Waals surface area contributed by atoms with Gasteiger partial charge in [-0.15, -0.1) is 0 Å². The number of amides is 2. The Morgan fingerprint density at radius 1 is 0.632 bits per heavy atom. The molecular formula is C37H64N2O29. The lowest BCUT2D eigenvalue weighted by Crippen LogP contribution is -2.71. The summed E-state index contributed by atoms with van der Waals surface area (Å²) in [5.41, 5.74) is 0. The third-order valence-electron chi connectivity index (χ3n) is 11.7. The topological polar surface area (TPSA) is 513 Å². The van der Waals surface area contributed by atoms with Gasteiger partial charge in [-0.2, -0.15) is 0 Å². The predicted molar refractivity (Wildman–Crippen MR) is 209 cm³/mol. The molecular weight excluding hydrogens is 936 g/mol. The number of carbonyl (C=O) groups is 3. The van der Waals surface area contributed by atoms with Crippen molar-refractivity contribution in [3.05, 3.63) is 0 Å². The summed E-state index contributed by atoms with van der Waals surface area (Å²) in [5, 5.41) is 194. The van der Waals surface area contributed by atoms with Crippen LogP contribution < -0.4 is 10.6 Å². The van der Waals surface area contributed by atoms with Crippen LogP contribution in [0.25, 0.3) is 0 Å². The first-order valence-electron chi connectivity index (χ1n) is 21.1. The van der Waals surface area contributed by atoms with E-state index in [-0.39, 0.29) is 0 Å². The molecule has 396 valence electrons. The monoisotopic (exact) mass is 1000 g/mol. The first-order valence-corrected chi connectivity index (χ1v) is 21.1. The van der Waals surface area contributed by atoms with Crippen LogP contribution in [0.1, 0.15) is 20.3 Å². The largest absolute Gasteiger partial charge is 0.477 e. The van der Waals surface area contributed by atoms with E-state index in [1.165, 1.54) is 0 Å². The zero-order chi connectivity index (χ0) is 51.1. The maximum absolute atomic E-state index is 13.1. The van der Waals surface area contributed by atoms with Crippen LogP contribution in [0.3, 0.4) is 0 Å². The van der Waals surface area contributed by atoms with Crippen molar-refractivity contribution in [3.63, 3.8) is 0 Å². The van der Waals surface area contributed by atoms with Crippen LogP contribution in [0, 0.1) is 0 Å². The smallest absolute Gasteiger partial charge is 0.364 e. The molecule has 31 heteroatoms. The summed E-state index contributed by atoms with van der Waals surface area (Å²) in [5.74, 6) is -7.09. The maximum atomic E-state index is 13.1. The molecule has 31 nitrogen and oxygen atoms in total. The minimum absolute atomic E-state index is 0.847. The van der Waals surface area contributed by atoms with E-state index in [1.807, 2.05) is 0 Å². The van der Waals surface area contributed by atoms with Gasteiger partial charge >= 0.3 is 5.97 Å². The summed E-state index contributed by atoms with van der Waals surface area (Å²) < 4.78 is 45.2. The predicted octanol–water partition coefficient (Wildman–Crippen LogP) is -12.8. The average molecular weight is 1000 g/mol. The summed E-state index contributed by atoms with van der Waals surface area (Å²) in [6.07, 6.45) is -46.5. The molecule has 68 heavy (non-hydrogen) atoms. The highest BCUT2D eigenvalue weighted by atomic mass is 16.8. The van der Waals surface area contributed by atoms with Crippen molar-refractivity contribution in [1.82, 2.24) is 10.6 Å². The van der Waals surface area contributed by atoms with Crippen LogP contribution in [0.2, 0.25) is 0 Å². The van der Waals surface area contributed by atoms with Crippen LogP contribution in [-0.4, -0.2) is 302 Å². The minimum atomic E-state index is -3.27. The second kappa shape index (κ2) is 25.2. The number of hydrogen-bond acceptors (Lipinski definition) is 28. The van der Waals surface area contributed by atoms with Gasteiger partial charge in [0, 0.05) is 20.3 Å². The molecule has 0 radical (unpaired) electrons. The molecule has 4 fully saturated rings. The molecule has 0 unspecified atom stereocenters. The van der Waals surface area contributed by atoms with E-state index in [4.69, 9.17) is 37.9 Å². The van der Waals surface area contributed by atoms with Crippen LogP contribution in [0.4, 0.5) is 0 Å². The van der Waals surface area contributed by atoms with Gasteiger partial charge in [-0.05, 0) is 0 Å². The molecule has 0 aliphatic carbocycles. The molecule has 4 heterocycles. The maximum Gasteiger partial charge on any atom is 0.364 e. The Kier molecular flexibility index (Phi) is 21.5. The van der Waals surface area contributed by atoms with E-state index in [0.717, 1.165) is 13.8 Å². The quantitative estimate of drug-likeness (QED) is 0.0479. The number of aliphatic hydroxyl groups excluding tert-OH is 17. The van der Waals surface area contributed by atoms with Gasteiger partial charge in [0.25, 0.3) is 5.79 Å². The molecule has 2 amide bonds. The molecule has 0 bridgehead atoms. The number of carbonyl (C=O) groups excluding carboxylic acids is 2. The highest BCUT2D eigenvalue weighted by Crippen LogP contribution is 2.39. The lowest BCUT2D eigenvalue weighted by Gasteiger charge is -2.50. The van der Waals surface area contributed by atoms with Crippen LogP contribution in [0.5, 0.6) is 0 Å². The summed E-state index contributed by atoms with van der Waals surface area (Å²) in [6, 6.07) is -3.43. The Labute approximate surface area is 385 Å². The molecule has 0 aromatic heterocycles. The van der Waals surface area contributed by atoms with Crippen LogP contribution in [-0.2, 0) is 52.3 Å². The zero-order valence-electron chi connectivity index (χ0n) is 36.3. The average Bonchev–Trinajstić information content (AvgIpc) is 3.30. The van der Waals surface area contributed by atoms with Crippen molar-refractivity contribution >= 4 is 17.8 Å². The molecule has 0 aromatic rings. The highest BCUT2D eigenvalue weighted by Gasteiger charge is 2.60. The Bertz CT molecular complexity index is 1610. The SMILES string of the molecule is CC(=O)N[C@H]1[C@H](OC[C@H]2O[C@@H](O[C@@H]([C@H](O)[C@@H](O)CO)[C@H](O)CO)[C@H](O)[C@@H](O[C@]3(C(=O)O)C[C@H](O)[C@@H](NC(C)=O)[C@H]([C@H](O)[C@H](O)CO)O3)[C@H]2O)O[C@H](CO)[C@@H](O[C@@H]2O[C@H](CO)[C@H](O)[C@H](O)[C@H]2O)[C@@H]1O. The second-order valence-electron chi connectivity index (χ2n) is 16.7. The van der Waals surface area contributed by atoms with Gasteiger partial charge in [-0.25, -0.2) is 4.79 Å². The second-order valence-corrected chi connectivity index (χ2v) is 16.7. The fraction of sp³-hybridized carbons (Fsp3) is 0.919. The van der Waals surface area contributed by atoms with Gasteiger partial charge in [0.05, 0.1) is 51.8 Å². The minimum Gasteiger partial charge on any atom is -0.477 e. The van der Waals surface area contributed by atoms with E-state index in [0.29, 0.717) is 0 Å². The van der Waals surface area contributed by atoms with Gasteiger partial charge in [-0.3, -0.25) is 9.59 Å². The summed E-state index contributed by atoms with van der Waals surface area (Å²) in [6.45, 7) is -4.49. The first kappa shape index (κ1) is 58.0. The lowest BCUT2D eigenvalue weighted by atomic mass is 9.88. The summed E-state index contributed by atoms with van der Waals surface area (Å²) >= 11 is 0. The highest BCUT2D eigenvalue weighted by molar-refractivity contribution is 5.76. The fourth-order valence-electron chi connectivity index (χ4n) is 8.03. The van der Waals surface area contributed by atoms with Crippen molar-refractivity contribution in [2.24, 2.45) is 0 Å². The van der Waals surface area contributed by atoms with Gasteiger partial charge in [0.1, 0.15) is 116 Å². The van der Waals surface area contributed by atoms with Crippen molar-refractivity contribution < 1.29 is 144 Å². The van der Waals surface area contributed by atoms with Crippen molar-refractivity contribution in [3.8, 4) is 0 Å². The number of aliphatic carboxylic acids is 1. The van der Waals surface area contributed by atoms with E-state index in [1.54, 1.807) is 0 Å². The number of hydrogen-bond donors (Lipinski definition) is 20. The first-order chi connectivity index (χ1) is 31.9. The number of carboxylic acids is 1. The Hall–Kier alpha value is -2.59. The molecule has 0 spiro atoms. The molecule has 4 rings (SSSR count). The van der Waals surface area contributed by atoms with E-state index in [9.17, 15) is 106 Å². The van der Waals surface area contributed by atoms with Gasteiger partial charge in [-0.1, -0.05) is 0 Å². The van der Waals surface area contributed by atoms with Crippen LogP contribution in [0.15, 0.2) is 0 Å². The van der Waals surface area contributed by atoms with E-state index in [2.05, 4.69) is 10.6 Å². The van der Waals surface area contributed by atoms with Gasteiger partial charge in [0.2, 0.25) is 11.8 Å². The van der Waals surface area contributed by atoms with Crippen molar-refractivity contribution in [2.75, 3.05) is 39.6 Å². The number of rotatable bonds is 22. The molecule has 20 N–H and O–H groups in total. The number of carboxylic acid groups (broad SMARTS) is 1. The molecule has 0 saturated carbocycles. The zero-order valence-corrected chi connectivity index (χ0v) is 36.3. The number of nitrogens with one attached hydrogen (secondary N) is 2. The molecule has 0 aromatic carbocycles. The number of aliphatic hydroxyl groups is 17. The Morgan fingerprint density at radius 3 is 1.74 bits per heavy atom. The third kappa shape index (κ3) is 13.1. The molecule has 25 atom stereocenters. The van der Waals surface area contributed by atoms with E-state index < -0.39 is 217 Å². The Balaban J connectivity index is 1.72. The van der Waals surface area contributed by atoms with E-state index >= 15 is 0 Å². The summed E-state index contributed by atoms with van der Waals surface area (Å²) in [7, 11) is 0. The summed E-state index contributed by atoms with van der Waals surface area (Å²) in [4.78, 5) is 37.5. The van der Waals surface area contributed by atoms with Crippen LogP contribution >= 0.6 is 0 Å². The van der Waals surface area contributed by atoms with Gasteiger partial charge in [0.15, 0.2) is 18.9 Å². The fourth-order valence-corrected chi connectivity index (χ4v) is 8.03. The Morgan fingerprint density at radius 2 is 1.19 bits per heavy atom. The molecule has 4 aliphatic heterocycles. The van der Waals surface area contributed by atoms with Crippen molar-refractivity contribution in [2.45, 2.75) is 173 Å². The molecule has 4 aliphatic rings. The van der Waals surface area contributed by atoms with Gasteiger partial charge < -0.3 is 140 Å². The molecule has 4 saturated heterocycles. The standard InChI is InChI=1S/C37H64N2O29/c1-10(45)38-19-12(47)3-37(36(59)60,67-31(19)22(52)14(49)5-41)68-32-24(54)18(64-35(28(32)58)65-29(15(50)6-42)21(51)13(48)4-40)9-61-33-20(39-11(2)46)25(55)30(17(8-44)63-33)66-34-27(57)26(56)23(53)16(7-43)62-34/h12-35,40-44,47-58H,3-9H2,1-2H3,(H,38,45)(H,39,46)(H,59,60)/t12-,13-,14+,15+,16+,17+,18+,19+,20+,21+,22+,23-,24-,25+,26-,27+,28+,29+,30+,31+,32-,33+,34-,35-,37-/m0/s1. The normalized spacial score (nSPS) is 41.7. The lowest BCUT2D eigenvalue weighted by molar-refractivity contribution is -0.382. The number of ether oxygens (including phenoxy) is 8. The third-order valence-corrected chi connectivity index (χ3v) is 11.7.